The Bertz CT molecular complexity index is 746. The number of hydrogen-bond donors (Lipinski definition) is 4. The predicted octanol–water partition coefficient (Wildman–Crippen LogP) is 0.971. The molecule has 0 aliphatic heterocycles. The van der Waals surface area contributed by atoms with Crippen molar-refractivity contribution in [1.82, 2.24) is 0 Å². The van der Waals surface area contributed by atoms with E-state index in [9.17, 15) is 9.59 Å². The number of nitrogens with two attached hydrogens (primary N) is 4. The molecule has 0 amide bonds. The number of benzene rings is 1. The molecule has 0 bridgehead atoms. The maximum atomic E-state index is 12.5. The van der Waals surface area contributed by atoms with Crippen LogP contribution in [-0.4, -0.2) is 47.7 Å². The number of aliphatic imine (C=N–C) groups is 1. The van der Waals surface area contributed by atoms with Crippen molar-refractivity contribution in [3.05, 3.63) is 35.9 Å². The average Bonchev–Trinajstić information content (AvgIpc) is 2.63. The third kappa shape index (κ3) is 10.8. The number of carbonyl (C=O) groups excluding carboxylic acids is 2. The van der Waals surface area contributed by atoms with Crippen LogP contribution in [0.1, 0.15) is 52.5 Å². The quantitative estimate of drug-likeness (QED) is 0.163. The second-order valence-electron chi connectivity index (χ2n) is 8.89. The maximum absolute atomic E-state index is 12.5. The van der Waals surface area contributed by atoms with Gasteiger partial charge < -0.3 is 32.4 Å². The largest absolute Gasteiger partial charge is 0.458 e. The molecule has 0 saturated carbocycles. The van der Waals surface area contributed by atoms with Crippen LogP contribution in [0.15, 0.2) is 35.3 Å². The van der Waals surface area contributed by atoms with E-state index in [1.54, 1.807) is 27.7 Å². The van der Waals surface area contributed by atoms with Crippen molar-refractivity contribution < 1.29 is 19.1 Å². The second kappa shape index (κ2) is 11.7. The Kier molecular flexibility index (Phi) is 9.93. The van der Waals surface area contributed by atoms with Crippen LogP contribution in [0.5, 0.6) is 0 Å². The molecule has 0 fully saturated rings. The highest BCUT2D eigenvalue weighted by Gasteiger charge is 2.36. The highest BCUT2D eigenvalue weighted by molar-refractivity contribution is 5.77. The zero-order valence-corrected chi connectivity index (χ0v) is 19.0. The number of carbonyl (C=O) groups is 2. The molecule has 0 aromatic heterocycles. The molecule has 1 aromatic carbocycles. The monoisotopic (exact) mass is 435 g/mol. The van der Waals surface area contributed by atoms with Crippen molar-refractivity contribution in [3.63, 3.8) is 0 Å². The zero-order chi connectivity index (χ0) is 23.7. The summed E-state index contributed by atoms with van der Waals surface area (Å²) in [4.78, 5) is 28.7. The van der Waals surface area contributed by atoms with Gasteiger partial charge in [0.15, 0.2) is 5.96 Å². The van der Waals surface area contributed by atoms with Gasteiger partial charge in [-0.15, -0.1) is 0 Å². The summed E-state index contributed by atoms with van der Waals surface area (Å²) in [7, 11) is 0. The van der Waals surface area contributed by atoms with Crippen LogP contribution >= 0.6 is 0 Å². The van der Waals surface area contributed by atoms with Gasteiger partial charge in [0.1, 0.15) is 23.3 Å². The molecule has 1 rings (SSSR count). The molecule has 0 heterocycles. The molecule has 31 heavy (non-hydrogen) atoms. The standard InChI is InChI=1S/C22H37N5O4/c1-21(2,30-18(28)16(23)11-8-12-27-20(25)26)14-22(3,4)31-19(29)17(24)13-15-9-6-5-7-10-15/h5-7,9-10,16-17H,8,11-14,23-24H2,1-4H3,(H4,25,26,27). The van der Waals surface area contributed by atoms with Gasteiger partial charge in [0.05, 0.1) is 0 Å². The first kappa shape index (κ1) is 26.4. The van der Waals surface area contributed by atoms with E-state index >= 15 is 0 Å². The molecule has 8 N–H and O–H groups in total. The van der Waals surface area contributed by atoms with E-state index in [1.807, 2.05) is 30.3 Å². The smallest absolute Gasteiger partial charge is 0.323 e. The molecule has 0 radical (unpaired) electrons. The highest BCUT2D eigenvalue weighted by atomic mass is 16.6. The fourth-order valence-corrected chi connectivity index (χ4v) is 3.38. The van der Waals surface area contributed by atoms with Crippen molar-refractivity contribution in [2.45, 2.75) is 76.7 Å². The third-order valence-corrected chi connectivity index (χ3v) is 4.48. The minimum Gasteiger partial charge on any atom is -0.458 e. The van der Waals surface area contributed by atoms with Gasteiger partial charge in [0.2, 0.25) is 0 Å². The van der Waals surface area contributed by atoms with E-state index in [1.165, 1.54) is 0 Å². The van der Waals surface area contributed by atoms with Gasteiger partial charge >= 0.3 is 11.9 Å². The molecule has 2 atom stereocenters. The van der Waals surface area contributed by atoms with E-state index in [0.29, 0.717) is 25.8 Å². The van der Waals surface area contributed by atoms with Gasteiger partial charge in [-0.1, -0.05) is 30.3 Å². The minimum absolute atomic E-state index is 0.00227. The van der Waals surface area contributed by atoms with Crippen molar-refractivity contribution >= 4 is 17.9 Å². The number of guanidine groups is 1. The molecule has 2 unspecified atom stereocenters. The van der Waals surface area contributed by atoms with Crippen LogP contribution in [0.4, 0.5) is 0 Å². The average molecular weight is 436 g/mol. The topological polar surface area (TPSA) is 169 Å². The summed E-state index contributed by atoms with van der Waals surface area (Å²) in [6.45, 7) is 7.39. The molecule has 0 spiro atoms. The summed E-state index contributed by atoms with van der Waals surface area (Å²) in [5, 5.41) is 0. The van der Waals surface area contributed by atoms with Crippen molar-refractivity contribution in [3.8, 4) is 0 Å². The van der Waals surface area contributed by atoms with Gasteiger partial charge in [-0.25, -0.2) is 0 Å². The van der Waals surface area contributed by atoms with Crippen molar-refractivity contribution in [2.75, 3.05) is 6.54 Å². The van der Waals surface area contributed by atoms with Crippen molar-refractivity contribution in [2.24, 2.45) is 27.9 Å². The molecule has 0 aliphatic carbocycles. The van der Waals surface area contributed by atoms with Crippen LogP contribution in [0.3, 0.4) is 0 Å². The molecular weight excluding hydrogens is 398 g/mol. The number of rotatable bonds is 12. The predicted molar refractivity (Wildman–Crippen MR) is 121 cm³/mol. The normalized spacial score (nSPS) is 13.7. The van der Waals surface area contributed by atoms with Gasteiger partial charge in [-0.2, -0.15) is 0 Å². The van der Waals surface area contributed by atoms with Crippen LogP contribution in [0.25, 0.3) is 0 Å². The lowest BCUT2D eigenvalue weighted by atomic mass is 9.91. The summed E-state index contributed by atoms with van der Waals surface area (Å²) in [6.07, 6.45) is 1.59. The van der Waals surface area contributed by atoms with Crippen LogP contribution in [0.2, 0.25) is 0 Å². The maximum Gasteiger partial charge on any atom is 0.323 e. The van der Waals surface area contributed by atoms with Gasteiger partial charge in [-0.05, 0) is 52.5 Å². The van der Waals surface area contributed by atoms with E-state index in [4.69, 9.17) is 32.4 Å². The molecule has 0 saturated heterocycles. The summed E-state index contributed by atoms with van der Waals surface area (Å²) in [6, 6.07) is 7.90. The number of nitrogens with zero attached hydrogens (tertiary/aromatic N) is 1. The summed E-state index contributed by atoms with van der Waals surface area (Å²) in [5.74, 6) is -1.04. The first-order chi connectivity index (χ1) is 14.3. The lowest BCUT2D eigenvalue weighted by Crippen LogP contribution is -2.46. The van der Waals surface area contributed by atoms with Gasteiger partial charge in [0.25, 0.3) is 0 Å². The third-order valence-electron chi connectivity index (χ3n) is 4.48. The zero-order valence-electron chi connectivity index (χ0n) is 19.0. The highest BCUT2D eigenvalue weighted by Crippen LogP contribution is 2.27. The number of ether oxygens (including phenoxy) is 2. The Labute approximate surface area is 184 Å². The first-order valence-electron chi connectivity index (χ1n) is 10.4. The molecule has 174 valence electrons. The van der Waals surface area contributed by atoms with Crippen molar-refractivity contribution in [1.29, 1.82) is 0 Å². The van der Waals surface area contributed by atoms with Crippen LogP contribution in [-0.2, 0) is 25.5 Å². The SMILES string of the molecule is CC(C)(CC(C)(C)OC(=O)C(N)Cc1ccccc1)OC(=O)C(N)CCCN=C(N)N. The Morgan fingerprint density at radius 1 is 0.935 bits per heavy atom. The lowest BCUT2D eigenvalue weighted by molar-refractivity contribution is -0.172. The molecule has 1 aromatic rings. The Morgan fingerprint density at radius 3 is 1.97 bits per heavy atom. The lowest BCUT2D eigenvalue weighted by Gasteiger charge is -2.35. The van der Waals surface area contributed by atoms with E-state index < -0.39 is 35.2 Å². The van der Waals surface area contributed by atoms with Crippen LogP contribution < -0.4 is 22.9 Å². The Morgan fingerprint density at radius 2 is 1.45 bits per heavy atom. The van der Waals surface area contributed by atoms with E-state index in [-0.39, 0.29) is 12.4 Å². The second-order valence-corrected chi connectivity index (χ2v) is 8.89. The number of hydrogen-bond acceptors (Lipinski definition) is 7. The first-order valence-corrected chi connectivity index (χ1v) is 10.4. The number of esters is 2. The Hall–Kier alpha value is -2.65. The summed E-state index contributed by atoms with van der Waals surface area (Å²) < 4.78 is 11.2. The summed E-state index contributed by atoms with van der Waals surface area (Å²) in [5.41, 5.74) is 21.6. The van der Waals surface area contributed by atoms with E-state index in [2.05, 4.69) is 4.99 Å². The van der Waals surface area contributed by atoms with Gasteiger partial charge in [0, 0.05) is 13.0 Å². The Balaban J connectivity index is 2.55. The molecule has 9 nitrogen and oxygen atoms in total. The van der Waals surface area contributed by atoms with E-state index in [0.717, 1.165) is 5.56 Å². The summed E-state index contributed by atoms with van der Waals surface area (Å²) >= 11 is 0. The molecule has 9 heteroatoms. The molecule has 0 aliphatic rings. The van der Waals surface area contributed by atoms with Gasteiger partial charge in [-0.3, -0.25) is 14.6 Å². The fraction of sp³-hybridized carbons (Fsp3) is 0.591. The minimum atomic E-state index is -0.901. The fourth-order valence-electron chi connectivity index (χ4n) is 3.38. The molecular formula is C22H37N5O4. The van der Waals surface area contributed by atoms with Crippen LogP contribution in [0, 0.1) is 0 Å².